The van der Waals surface area contributed by atoms with Crippen molar-refractivity contribution in [1.82, 2.24) is 9.97 Å². The number of aromatic amines is 1. The van der Waals surface area contributed by atoms with Crippen LogP contribution in [-0.4, -0.2) is 29.0 Å². The lowest BCUT2D eigenvalue weighted by Crippen LogP contribution is -2.21. The minimum atomic E-state index is -0.463. The van der Waals surface area contributed by atoms with Gasteiger partial charge in [0.1, 0.15) is 5.69 Å². The van der Waals surface area contributed by atoms with Gasteiger partial charge in [0.05, 0.1) is 21.6 Å². The van der Waals surface area contributed by atoms with Crippen LogP contribution in [0.15, 0.2) is 65.8 Å². The van der Waals surface area contributed by atoms with E-state index in [1.54, 1.807) is 12.1 Å². The molecule has 1 amide bonds. The van der Waals surface area contributed by atoms with Crippen molar-refractivity contribution in [3.8, 4) is 0 Å². The van der Waals surface area contributed by atoms with Gasteiger partial charge in [-0.3, -0.25) is 4.79 Å². The van der Waals surface area contributed by atoms with Gasteiger partial charge in [-0.25, -0.2) is 9.98 Å². The Morgan fingerprint density at radius 3 is 2.59 bits per heavy atom. The maximum Gasteiger partial charge on any atom is 0.297 e. The number of carbonyl (C=O) groups is 1. The van der Waals surface area contributed by atoms with Gasteiger partial charge in [-0.05, 0) is 44.2 Å². The molecular weight excluding hydrogens is 384 g/mol. The summed E-state index contributed by atoms with van der Waals surface area (Å²) in [5.74, 6) is -0.463. The molecule has 4 rings (SSSR count). The summed E-state index contributed by atoms with van der Waals surface area (Å²) >= 11 is 6.08. The number of hydrogen-bond donors (Lipinski definition) is 1. The van der Waals surface area contributed by atoms with Crippen LogP contribution in [0.5, 0.6) is 0 Å². The highest BCUT2D eigenvalue weighted by atomic mass is 35.5. The number of pyridine rings is 1. The van der Waals surface area contributed by atoms with Gasteiger partial charge in [0.2, 0.25) is 0 Å². The van der Waals surface area contributed by atoms with Crippen molar-refractivity contribution in [2.75, 3.05) is 18.0 Å². The highest BCUT2D eigenvalue weighted by Crippen LogP contribution is 2.31. The van der Waals surface area contributed by atoms with Crippen LogP contribution in [0, 0.1) is 0 Å². The van der Waals surface area contributed by atoms with E-state index in [-0.39, 0.29) is 5.69 Å². The molecule has 2 aromatic heterocycles. The minimum absolute atomic E-state index is 0.150. The van der Waals surface area contributed by atoms with Crippen LogP contribution in [0.1, 0.15) is 24.3 Å². The summed E-state index contributed by atoms with van der Waals surface area (Å²) in [6.07, 6.45) is 1.53. The molecule has 0 aliphatic heterocycles. The van der Waals surface area contributed by atoms with Gasteiger partial charge in [-0.2, -0.15) is 0 Å². The van der Waals surface area contributed by atoms with E-state index >= 15 is 0 Å². The second kappa shape index (κ2) is 8.05. The fraction of sp³-hybridized carbons (Fsp3) is 0.174. The molecule has 146 valence electrons. The maximum atomic E-state index is 12.5. The molecule has 0 unspecified atom stereocenters. The van der Waals surface area contributed by atoms with E-state index in [0.717, 1.165) is 34.9 Å². The van der Waals surface area contributed by atoms with E-state index in [0.29, 0.717) is 10.4 Å². The number of H-pyrrole nitrogens is 1. The number of aromatic nitrogens is 2. The van der Waals surface area contributed by atoms with Gasteiger partial charge >= 0.3 is 0 Å². The quantitative estimate of drug-likeness (QED) is 0.523. The fourth-order valence-corrected chi connectivity index (χ4v) is 3.79. The topological polar surface area (TPSA) is 61.4 Å². The number of nitrogens with one attached hydrogen (secondary N) is 1. The maximum absolute atomic E-state index is 12.5. The molecule has 0 saturated carbocycles. The largest absolute Gasteiger partial charge is 0.370 e. The molecule has 2 aromatic carbocycles. The fourth-order valence-electron chi connectivity index (χ4n) is 3.59. The number of nitrogens with zero attached hydrogens (tertiary/aromatic N) is 3. The van der Waals surface area contributed by atoms with Gasteiger partial charge < -0.3 is 9.88 Å². The number of fused-ring (bicyclic) bond motifs is 3. The van der Waals surface area contributed by atoms with E-state index in [1.165, 1.54) is 11.9 Å². The van der Waals surface area contributed by atoms with Gasteiger partial charge in [-0.1, -0.05) is 35.9 Å². The van der Waals surface area contributed by atoms with Crippen molar-refractivity contribution in [3.63, 3.8) is 0 Å². The third-order valence-electron chi connectivity index (χ3n) is 5.00. The highest BCUT2D eigenvalue weighted by Gasteiger charge is 2.12. The first-order valence-electron chi connectivity index (χ1n) is 9.61. The SMILES string of the molecule is CCN(CC)c1cccc2c1[nH]c1cc(=NC(=O)c3ncccc3Cl)cccc12. The standard InChI is InChI=1S/C23H21ClN4O/c1-3-28(4-2)20-12-6-10-17-16-9-5-8-15(14-19(16)27-21(17)20)26-23(29)22-18(24)11-7-13-25-22/h5-14,27H,3-4H2,1-2H3. The van der Waals surface area contributed by atoms with Gasteiger partial charge in [0.25, 0.3) is 5.91 Å². The number of hydrogen-bond acceptors (Lipinski definition) is 3. The molecule has 5 nitrogen and oxygen atoms in total. The number of amides is 1. The predicted octanol–water partition coefficient (Wildman–Crippen LogP) is 4.96. The lowest BCUT2D eigenvalue weighted by atomic mass is 10.1. The lowest BCUT2D eigenvalue weighted by Gasteiger charge is -2.21. The Morgan fingerprint density at radius 2 is 1.83 bits per heavy atom. The lowest BCUT2D eigenvalue weighted by molar-refractivity contribution is 0.0994. The Labute approximate surface area is 173 Å². The smallest absolute Gasteiger partial charge is 0.297 e. The van der Waals surface area contributed by atoms with Crippen LogP contribution >= 0.6 is 11.6 Å². The second-order valence-electron chi connectivity index (χ2n) is 6.67. The van der Waals surface area contributed by atoms with Crippen LogP contribution < -0.4 is 10.3 Å². The van der Waals surface area contributed by atoms with Crippen LogP contribution in [0.2, 0.25) is 5.02 Å². The summed E-state index contributed by atoms with van der Waals surface area (Å²) in [5, 5.41) is 3.06. The minimum Gasteiger partial charge on any atom is -0.370 e. The van der Waals surface area contributed by atoms with Crippen LogP contribution in [0.4, 0.5) is 5.69 Å². The molecule has 29 heavy (non-hydrogen) atoms. The highest BCUT2D eigenvalue weighted by molar-refractivity contribution is 6.33. The molecule has 0 spiro atoms. The summed E-state index contributed by atoms with van der Waals surface area (Å²) in [6, 6.07) is 17.3. The molecule has 0 aliphatic carbocycles. The van der Waals surface area contributed by atoms with Crippen molar-refractivity contribution in [1.29, 1.82) is 0 Å². The molecule has 0 atom stereocenters. The Balaban J connectivity index is 1.89. The summed E-state index contributed by atoms with van der Waals surface area (Å²) in [5.41, 5.74) is 3.32. The molecule has 2 heterocycles. The van der Waals surface area contributed by atoms with Crippen molar-refractivity contribution >= 4 is 45.0 Å². The zero-order chi connectivity index (χ0) is 20.4. The Morgan fingerprint density at radius 1 is 1.07 bits per heavy atom. The summed E-state index contributed by atoms with van der Waals surface area (Å²) < 4.78 is 0. The van der Waals surface area contributed by atoms with Crippen LogP contribution in [-0.2, 0) is 0 Å². The average Bonchev–Trinajstić information content (AvgIpc) is 2.95. The summed E-state index contributed by atoms with van der Waals surface area (Å²) in [6.45, 7) is 6.16. The predicted molar refractivity (Wildman–Crippen MR) is 119 cm³/mol. The van der Waals surface area contributed by atoms with E-state index in [4.69, 9.17) is 11.6 Å². The molecule has 0 saturated heterocycles. The van der Waals surface area contributed by atoms with Crippen LogP contribution in [0.3, 0.4) is 0 Å². The molecule has 0 bridgehead atoms. The van der Waals surface area contributed by atoms with Crippen molar-refractivity contribution in [2.45, 2.75) is 13.8 Å². The average molecular weight is 405 g/mol. The first kappa shape index (κ1) is 19.2. The molecule has 1 N–H and O–H groups in total. The Bertz CT molecular complexity index is 1270. The zero-order valence-corrected chi connectivity index (χ0v) is 17.1. The monoisotopic (exact) mass is 404 g/mol. The molecule has 4 aromatic rings. The normalized spacial score (nSPS) is 11.9. The Kier molecular flexibility index (Phi) is 5.32. The van der Waals surface area contributed by atoms with E-state index < -0.39 is 5.91 Å². The number of carbonyl (C=O) groups excluding carboxylic acids is 1. The second-order valence-corrected chi connectivity index (χ2v) is 7.08. The van der Waals surface area contributed by atoms with E-state index in [9.17, 15) is 4.79 Å². The first-order chi connectivity index (χ1) is 14.1. The van der Waals surface area contributed by atoms with Crippen molar-refractivity contribution in [2.24, 2.45) is 4.99 Å². The number of halogens is 1. The Hall–Kier alpha value is -3.18. The third kappa shape index (κ3) is 3.61. The molecule has 0 radical (unpaired) electrons. The number of benzene rings is 1. The number of rotatable bonds is 4. The molecule has 6 heteroatoms. The summed E-state index contributed by atoms with van der Waals surface area (Å²) in [7, 11) is 0. The molecule has 0 fully saturated rings. The van der Waals surface area contributed by atoms with Crippen molar-refractivity contribution in [3.05, 3.63) is 76.9 Å². The third-order valence-corrected chi connectivity index (χ3v) is 5.31. The van der Waals surface area contributed by atoms with Crippen LogP contribution in [0.25, 0.3) is 21.8 Å². The van der Waals surface area contributed by atoms with Gasteiger partial charge in [-0.15, -0.1) is 0 Å². The van der Waals surface area contributed by atoms with E-state index in [1.807, 2.05) is 24.3 Å². The molecule has 0 aliphatic rings. The molecular formula is C23H21ClN4O. The van der Waals surface area contributed by atoms with Gasteiger partial charge in [0, 0.05) is 35.6 Å². The summed E-state index contributed by atoms with van der Waals surface area (Å²) in [4.78, 5) is 26.6. The van der Waals surface area contributed by atoms with Crippen molar-refractivity contribution < 1.29 is 4.79 Å². The van der Waals surface area contributed by atoms with E-state index in [2.05, 4.69) is 51.9 Å². The van der Waals surface area contributed by atoms with Gasteiger partial charge in [0.15, 0.2) is 0 Å². The zero-order valence-electron chi connectivity index (χ0n) is 16.3. The number of para-hydroxylation sites is 1. The number of anilines is 1. The first-order valence-corrected chi connectivity index (χ1v) is 9.99.